The summed E-state index contributed by atoms with van der Waals surface area (Å²) < 4.78 is 40.3. The molecule has 0 amide bonds. The highest BCUT2D eigenvalue weighted by molar-refractivity contribution is 8.02. The number of carboxylic acid groups (broad SMARTS) is 1. The van der Waals surface area contributed by atoms with E-state index in [2.05, 4.69) is 25.0 Å². The molecule has 1 aromatic carbocycles. The standard InChI is InChI=1S/C20H19F3N4O3S2/c1-19(2,17(28)29)32-18-27-13(11-31-18)7-8-24-16-10-25-15(9-26-16)12-3-5-14(6-4-12)30-20(21,22)23/h3-6,9-11H,7-8H2,1-2H3,(H,24,26)(H,28,29). The molecule has 0 saturated carbocycles. The second-order valence-corrected chi connectivity index (χ2v) is 9.79. The van der Waals surface area contributed by atoms with Gasteiger partial charge in [0.05, 0.1) is 23.8 Å². The quantitative estimate of drug-likeness (QED) is 0.405. The first kappa shape index (κ1) is 23.8. The van der Waals surface area contributed by atoms with Crippen LogP contribution in [0.25, 0.3) is 11.3 Å². The van der Waals surface area contributed by atoms with Crippen LogP contribution < -0.4 is 10.1 Å². The summed E-state index contributed by atoms with van der Waals surface area (Å²) in [5.74, 6) is -0.654. The highest BCUT2D eigenvalue weighted by Gasteiger charge is 2.31. The zero-order valence-electron chi connectivity index (χ0n) is 17.0. The predicted octanol–water partition coefficient (Wildman–Crippen LogP) is 5.11. The fraction of sp³-hybridized carbons (Fsp3) is 0.300. The van der Waals surface area contributed by atoms with Gasteiger partial charge in [-0.2, -0.15) is 0 Å². The monoisotopic (exact) mass is 484 g/mol. The maximum Gasteiger partial charge on any atom is 0.573 e. The number of anilines is 1. The lowest BCUT2D eigenvalue weighted by Crippen LogP contribution is -2.26. The lowest BCUT2D eigenvalue weighted by atomic mass is 10.1. The van der Waals surface area contributed by atoms with E-state index in [4.69, 9.17) is 0 Å². The van der Waals surface area contributed by atoms with E-state index < -0.39 is 17.1 Å². The average molecular weight is 485 g/mol. The van der Waals surface area contributed by atoms with Crippen LogP contribution in [0.4, 0.5) is 19.0 Å². The van der Waals surface area contributed by atoms with Crippen molar-refractivity contribution in [2.45, 2.75) is 35.7 Å². The number of thioether (sulfide) groups is 1. The number of nitrogens with zero attached hydrogens (tertiary/aromatic N) is 3. The van der Waals surface area contributed by atoms with Gasteiger partial charge in [-0.15, -0.1) is 24.5 Å². The van der Waals surface area contributed by atoms with E-state index in [1.54, 1.807) is 13.8 Å². The molecule has 7 nitrogen and oxygen atoms in total. The predicted molar refractivity (Wildman–Crippen MR) is 116 cm³/mol. The molecule has 2 N–H and O–H groups in total. The van der Waals surface area contributed by atoms with Crippen molar-refractivity contribution in [3.05, 3.63) is 47.7 Å². The molecule has 0 unspecified atom stereocenters. The van der Waals surface area contributed by atoms with Crippen LogP contribution in [-0.4, -0.2) is 43.7 Å². The van der Waals surface area contributed by atoms with Crippen LogP contribution in [0, 0.1) is 0 Å². The maximum absolute atomic E-state index is 12.2. The van der Waals surface area contributed by atoms with E-state index >= 15 is 0 Å². The van der Waals surface area contributed by atoms with Crippen molar-refractivity contribution in [2.24, 2.45) is 0 Å². The maximum atomic E-state index is 12.2. The number of aromatic nitrogens is 3. The number of benzene rings is 1. The van der Waals surface area contributed by atoms with E-state index in [0.29, 0.717) is 34.4 Å². The largest absolute Gasteiger partial charge is 0.573 e. The van der Waals surface area contributed by atoms with Crippen LogP contribution in [0.15, 0.2) is 46.4 Å². The van der Waals surface area contributed by atoms with Crippen molar-refractivity contribution in [1.29, 1.82) is 0 Å². The van der Waals surface area contributed by atoms with E-state index in [9.17, 15) is 23.1 Å². The fourth-order valence-electron chi connectivity index (χ4n) is 2.43. The molecular formula is C20H19F3N4O3S2. The number of hydrogen-bond donors (Lipinski definition) is 2. The number of carbonyl (C=O) groups is 1. The zero-order valence-corrected chi connectivity index (χ0v) is 18.6. The van der Waals surface area contributed by atoms with Gasteiger partial charge in [0.1, 0.15) is 16.3 Å². The number of ether oxygens (including phenoxy) is 1. The van der Waals surface area contributed by atoms with E-state index in [-0.39, 0.29) is 5.75 Å². The summed E-state index contributed by atoms with van der Waals surface area (Å²) in [4.78, 5) is 24.2. The van der Waals surface area contributed by atoms with Crippen LogP contribution in [0.5, 0.6) is 5.75 Å². The molecule has 2 heterocycles. The third-order valence-corrected chi connectivity index (χ3v) is 6.28. The normalized spacial score (nSPS) is 11.9. The van der Waals surface area contributed by atoms with Crippen LogP contribution >= 0.6 is 23.1 Å². The number of aliphatic carboxylic acids is 1. The lowest BCUT2D eigenvalue weighted by molar-refractivity contribution is -0.274. The summed E-state index contributed by atoms with van der Waals surface area (Å²) in [6.45, 7) is 3.82. The van der Waals surface area contributed by atoms with E-state index in [1.165, 1.54) is 59.8 Å². The van der Waals surface area contributed by atoms with Crippen LogP contribution in [0.3, 0.4) is 0 Å². The van der Waals surface area contributed by atoms with Gasteiger partial charge in [-0.3, -0.25) is 9.78 Å². The average Bonchev–Trinajstić information content (AvgIpc) is 3.14. The number of halogens is 3. The molecule has 0 saturated heterocycles. The summed E-state index contributed by atoms with van der Waals surface area (Å²) in [7, 11) is 0. The molecule has 0 aliphatic carbocycles. The molecule has 0 radical (unpaired) electrons. The summed E-state index contributed by atoms with van der Waals surface area (Å²) in [5, 5.41) is 14.2. The summed E-state index contributed by atoms with van der Waals surface area (Å²) in [6.07, 6.45) is -1.06. The van der Waals surface area contributed by atoms with Gasteiger partial charge >= 0.3 is 12.3 Å². The van der Waals surface area contributed by atoms with Crippen molar-refractivity contribution in [3.8, 4) is 17.0 Å². The molecule has 3 aromatic rings. The molecule has 12 heteroatoms. The number of alkyl halides is 3. The van der Waals surface area contributed by atoms with Crippen molar-refractivity contribution >= 4 is 34.9 Å². The summed E-state index contributed by atoms with van der Waals surface area (Å²) >= 11 is 2.61. The molecule has 32 heavy (non-hydrogen) atoms. The highest BCUT2D eigenvalue weighted by atomic mass is 32.2. The van der Waals surface area contributed by atoms with Crippen LogP contribution in [0.2, 0.25) is 0 Å². The molecule has 0 spiro atoms. The Hall–Kier alpha value is -2.86. The van der Waals surface area contributed by atoms with Gasteiger partial charge in [0.15, 0.2) is 4.34 Å². The van der Waals surface area contributed by atoms with E-state index in [0.717, 1.165) is 5.69 Å². The van der Waals surface area contributed by atoms with Crippen molar-refractivity contribution in [3.63, 3.8) is 0 Å². The molecule has 170 valence electrons. The van der Waals surface area contributed by atoms with Crippen molar-refractivity contribution in [1.82, 2.24) is 15.0 Å². The van der Waals surface area contributed by atoms with E-state index in [1.807, 2.05) is 5.38 Å². The minimum Gasteiger partial charge on any atom is -0.480 e. The van der Waals surface area contributed by atoms with Gasteiger partial charge in [0, 0.05) is 23.9 Å². The Labute approximate surface area is 190 Å². The van der Waals surface area contributed by atoms with Crippen LogP contribution in [-0.2, 0) is 11.2 Å². The third kappa shape index (κ3) is 6.82. The molecule has 0 fully saturated rings. The first-order valence-corrected chi connectivity index (χ1v) is 11.0. The van der Waals surface area contributed by atoms with Gasteiger partial charge in [-0.05, 0) is 38.1 Å². The second-order valence-electron chi connectivity index (χ2n) is 7.06. The Bertz CT molecular complexity index is 1060. The molecule has 0 aliphatic rings. The minimum absolute atomic E-state index is 0.303. The Kier molecular flexibility index (Phi) is 7.24. The third-order valence-electron chi connectivity index (χ3n) is 4.11. The minimum atomic E-state index is -4.73. The number of hydrogen-bond acceptors (Lipinski definition) is 8. The van der Waals surface area contributed by atoms with Gasteiger partial charge in [-0.1, -0.05) is 11.8 Å². The molecule has 0 bridgehead atoms. The highest BCUT2D eigenvalue weighted by Crippen LogP contribution is 2.34. The molecule has 2 aromatic heterocycles. The first-order valence-electron chi connectivity index (χ1n) is 9.31. The Balaban J connectivity index is 1.51. The summed E-state index contributed by atoms with van der Waals surface area (Å²) in [6, 6.07) is 5.38. The molecule has 0 aliphatic heterocycles. The summed E-state index contributed by atoms with van der Waals surface area (Å²) in [5.41, 5.74) is 1.96. The van der Waals surface area contributed by atoms with Gasteiger partial charge in [-0.25, -0.2) is 9.97 Å². The Morgan fingerprint density at radius 1 is 1.19 bits per heavy atom. The Morgan fingerprint density at radius 2 is 1.91 bits per heavy atom. The molecular weight excluding hydrogens is 465 g/mol. The lowest BCUT2D eigenvalue weighted by Gasteiger charge is -2.15. The SMILES string of the molecule is CC(C)(Sc1nc(CCNc2cnc(-c3ccc(OC(F)(F)F)cc3)cn2)cs1)C(=O)O. The smallest absolute Gasteiger partial charge is 0.480 e. The fourth-order valence-corrected chi connectivity index (χ4v) is 4.65. The number of nitrogens with one attached hydrogen (secondary N) is 1. The van der Waals surface area contributed by atoms with Gasteiger partial charge in [0.2, 0.25) is 0 Å². The van der Waals surface area contributed by atoms with Gasteiger partial charge in [0.25, 0.3) is 0 Å². The zero-order chi connectivity index (χ0) is 23.4. The van der Waals surface area contributed by atoms with Gasteiger partial charge < -0.3 is 15.2 Å². The van der Waals surface area contributed by atoms with Crippen molar-refractivity contribution < 1.29 is 27.8 Å². The topological polar surface area (TPSA) is 97.2 Å². The molecule has 0 atom stereocenters. The molecule has 3 rings (SSSR count). The number of thiazole rings is 1. The van der Waals surface area contributed by atoms with Crippen LogP contribution in [0.1, 0.15) is 19.5 Å². The number of carboxylic acids is 1. The second kappa shape index (κ2) is 9.74. The first-order chi connectivity index (χ1) is 15.0. The number of rotatable bonds is 9. The van der Waals surface area contributed by atoms with Crippen molar-refractivity contribution in [2.75, 3.05) is 11.9 Å². The Morgan fingerprint density at radius 3 is 2.50 bits per heavy atom.